The summed E-state index contributed by atoms with van der Waals surface area (Å²) in [5, 5.41) is 0. The largest absolute Gasteiger partial charge is 0.366 e. The molecule has 21 heavy (non-hydrogen) atoms. The number of hydrogen-bond donors (Lipinski definition) is 1. The third-order valence-electron chi connectivity index (χ3n) is 3.66. The van der Waals surface area contributed by atoms with Crippen molar-refractivity contribution in [1.82, 2.24) is 9.38 Å². The molecule has 0 bridgehead atoms. The van der Waals surface area contributed by atoms with Crippen LogP contribution in [0.25, 0.3) is 5.65 Å². The Bertz CT molecular complexity index is 718. The Kier molecular flexibility index (Phi) is 3.88. The van der Waals surface area contributed by atoms with Crippen molar-refractivity contribution in [3.05, 3.63) is 66.1 Å². The quantitative estimate of drug-likeness (QED) is 0.781. The number of anilines is 1. The van der Waals surface area contributed by atoms with Gasteiger partial charge in [-0.05, 0) is 24.6 Å². The first-order valence-corrected chi connectivity index (χ1v) is 7.26. The lowest BCUT2D eigenvalue weighted by atomic mass is 10.2. The summed E-state index contributed by atoms with van der Waals surface area (Å²) in [6.45, 7) is 4.50. The Hall–Kier alpha value is -2.33. The number of imidazole rings is 1. The fraction of sp³-hybridized carbons (Fsp3) is 0.235. The average molecular weight is 280 g/mol. The van der Waals surface area contributed by atoms with Crippen LogP contribution in [-0.2, 0) is 13.1 Å². The first-order valence-electron chi connectivity index (χ1n) is 7.26. The van der Waals surface area contributed by atoms with Gasteiger partial charge in [0.05, 0.1) is 11.4 Å². The van der Waals surface area contributed by atoms with Crippen molar-refractivity contribution < 1.29 is 0 Å². The lowest BCUT2D eigenvalue weighted by Gasteiger charge is -2.23. The molecule has 0 saturated carbocycles. The molecule has 4 heteroatoms. The van der Waals surface area contributed by atoms with E-state index in [0.29, 0.717) is 6.54 Å². The Morgan fingerprint density at radius 1 is 1.10 bits per heavy atom. The first-order chi connectivity index (χ1) is 10.3. The second-order valence-corrected chi connectivity index (χ2v) is 5.09. The predicted octanol–water partition coefficient (Wildman–Crippen LogP) is 2.82. The number of hydrogen-bond acceptors (Lipinski definition) is 3. The van der Waals surface area contributed by atoms with E-state index in [4.69, 9.17) is 5.73 Å². The van der Waals surface area contributed by atoms with E-state index in [1.807, 2.05) is 22.7 Å². The van der Waals surface area contributed by atoms with E-state index in [2.05, 4.69) is 53.3 Å². The summed E-state index contributed by atoms with van der Waals surface area (Å²) in [5.74, 6) is 0. The van der Waals surface area contributed by atoms with E-state index in [1.54, 1.807) is 0 Å². The molecule has 0 unspecified atom stereocenters. The number of nitrogens with two attached hydrogens (primary N) is 1. The molecule has 2 heterocycles. The van der Waals surface area contributed by atoms with E-state index in [9.17, 15) is 0 Å². The topological polar surface area (TPSA) is 46.6 Å². The van der Waals surface area contributed by atoms with Crippen LogP contribution in [-0.4, -0.2) is 15.9 Å². The van der Waals surface area contributed by atoms with Gasteiger partial charge in [0.1, 0.15) is 5.65 Å². The predicted molar refractivity (Wildman–Crippen MR) is 86.2 cm³/mol. The van der Waals surface area contributed by atoms with E-state index >= 15 is 0 Å². The molecule has 0 amide bonds. The van der Waals surface area contributed by atoms with Crippen LogP contribution in [0.2, 0.25) is 0 Å². The van der Waals surface area contributed by atoms with E-state index < -0.39 is 0 Å². The van der Waals surface area contributed by atoms with E-state index in [0.717, 1.165) is 24.4 Å². The van der Waals surface area contributed by atoms with Gasteiger partial charge in [0.2, 0.25) is 0 Å². The average Bonchev–Trinajstić information content (AvgIpc) is 2.95. The molecule has 3 aromatic rings. The minimum atomic E-state index is 0.471. The van der Waals surface area contributed by atoms with Gasteiger partial charge in [0.25, 0.3) is 0 Å². The molecule has 4 nitrogen and oxygen atoms in total. The summed E-state index contributed by atoms with van der Waals surface area (Å²) in [6, 6.07) is 14.7. The summed E-state index contributed by atoms with van der Waals surface area (Å²) < 4.78 is 2.05. The van der Waals surface area contributed by atoms with Crippen molar-refractivity contribution in [3.63, 3.8) is 0 Å². The molecule has 0 saturated heterocycles. The van der Waals surface area contributed by atoms with Crippen LogP contribution in [0.5, 0.6) is 0 Å². The van der Waals surface area contributed by atoms with Crippen molar-refractivity contribution in [1.29, 1.82) is 0 Å². The van der Waals surface area contributed by atoms with Crippen LogP contribution in [0.4, 0.5) is 5.69 Å². The van der Waals surface area contributed by atoms with Crippen molar-refractivity contribution in [2.75, 3.05) is 11.4 Å². The highest BCUT2D eigenvalue weighted by Crippen LogP contribution is 2.18. The van der Waals surface area contributed by atoms with Gasteiger partial charge in [-0.25, -0.2) is 4.98 Å². The van der Waals surface area contributed by atoms with Crippen LogP contribution >= 0.6 is 0 Å². The third kappa shape index (κ3) is 2.90. The molecule has 3 rings (SSSR count). The number of fused-ring (bicyclic) bond motifs is 1. The highest BCUT2D eigenvalue weighted by atomic mass is 15.1. The summed E-state index contributed by atoms with van der Waals surface area (Å²) in [5.41, 5.74) is 10.0. The highest BCUT2D eigenvalue weighted by molar-refractivity contribution is 5.52. The maximum Gasteiger partial charge on any atom is 0.137 e. The summed E-state index contributed by atoms with van der Waals surface area (Å²) in [4.78, 5) is 6.81. The van der Waals surface area contributed by atoms with Crippen molar-refractivity contribution in [2.24, 2.45) is 5.73 Å². The van der Waals surface area contributed by atoms with Gasteiger partial charge in [0.15, 0.2) is 0 Å². The third-order valence-corrected chi connectivity index (χ3v) is 3.66. The molecule has 0 aliphatic carbocycles. The molecule has 2 aromatic heterocycles. The number of benzene rings is 1. The number of pyridine rings is 1. The molecule has 1 aromatic carbocycles. The SMILES string of the molecule is CCN(Cc1ccccc1)c1ccc2nc(CN)cn2c1. The maximum absolute atomic E-state index is 5.65. The van der Waals surface area contributed by atoms with Gasteiger partial charge >= 0.3 is 0 Å². The van der Waals surface area contributed by atoms with E-state index in [1.165, 1.54) is 11.3 Å². The number of aromatic nitrogens is 2. The highest BCUT2D eigenvalue weighted by Gasteiger charge is 2.07. The Morgan fingerprint density at radius 2 is 1.90 bits per heavy atom. The Morgan fingerprint density at radius 3 is 2.62 bits per heavy atom. The molecule has 0 radical (unpaired) electrons. The van der Waals surface area contributed by atoms with Gasteiger partial charge in [-0.15, -0.1) is 0 Å². The van der Waals surface area contributed by atoms with Crippen molar-refractivity contribution in [2.45, 2.75) is 20.0 Å². The fourth-order valence-electron chi connectivity index (χ4n) is 2.51. The molecule has 0 aliphatic heterocycles. The van der Waals surface area contributed by atoms with Gasteiger partial charge < -0.3 is 15.0 Å². The Balaban J connectivity index is 1.89. The maximum atomic E-state index is 5.65. The molecule has 0 aliphatic rings. The molecule has 2 N–H and O–H groups in total. The second-order valence-electron chi connectivity index (χ2n) is 5.09. The lowest BCUT2D eigenvalue weighted by Crippen LogP contribution is -2.22. The zero-order valence-electron chi connectivity index (χ0n) is 12.2. The monoisotopic (exact) mass is 280 g/mol. The van der Waals surface area contributed by atoms with Gasteiger partial charge in [0, 0.05) is 32.0 Å². The minimum Gasteiger partial charge on any atom is -0.366 e. The normalized spacial score (nSPS) is 11.0. The van der Waals surface area contributed by atoms with Crippen LogP contribution in [0, 0.1) is 0 Å². The Labute approximate surface area is 124 Å². The fourth-order valence-corrected chi connectivity index (χ4v) is 2.51. The number of nitrogens with zero attached hydrogens (tertiary/aromatic N) is 3. The van der Waals surface area contributed by atoms with Crippen molar-refractivity contribution >= 4 is 11.3 Å². The van der Waals surface area contributed by atoms with Crippen LogP contribution < -0.4 is 10.6 Å². The molecular weight excluding hydrogens is 260 g/mol. The smallest absolute Gasteiger partial charge is 0.137 e. The second kappa shape index (κ2) is 5.97. The molecular formula is C17H20N4. The lowest BCUT2D eigenvalue weighted by molar-refractivity contribution is 0.827. The standard InChI is InChI=1S/C17H20N4/c1-2-20(11-14-6-4-3-5-7-14)16-8-9-17-19-15(10-18)12-21(17)13-16/h3-9,12-13H,2,10-11,18H2,1H3. The van der Waals surface area contributed by atoms with Gasteiger partial charge in [-0.1, -0.05) is 30.3 Å². The zero-order valence-corrected chi connectivity index (χ0v) is 12.2. The summed E-state index contributed by atoms with van der Waals surface area (Å²) in [7, 11) is 0. The summed E-state index contributed by atoms with van der Waals surface area (Å²) >= 11 is 0. The van der Waals surface area contributed by atoms with Crippen molar-refractivity contribution in [3.8, 4) is 0 Å². The zero-order chi connectivity index (χ0) is 14.7. The molecule has 0 spiro atoms. The number of rotatable bonds is 5. The van der Waals surface area contributed by atoms with Crippen LogP contribution in [0.3, 0.4) is 0 Å². The van der Waals surface area contributed by atoms with Gasteiger partial charge in [-0.3, -0.25) is 0 Å². The first kappa shape index (κ1) is 13.6. The van der Waals surface area contributed by atoms with Crippen LogP contribution in [0.1, 0.15) is 18.2 Å². The van der Waals surface area contributed by atoms with E-state index in [-0.39, 0.29) is 0 Å². The molecule has 0 fully saturated rings. The minimum absolute atomic E-state index is 0.471. The molecule has 108 valence electrons. The molecule has 0 atom stereocenters. The summed E-state index contributed by atoms with van der Waals surface area (Å²) in [6.07, 6.45) is 4.11. The van der Waals surface area contributed by atoms with Crippen LogP contribution in [0.15, 0.2) is 54.9 Å². The van der Waals surface area contributed by atoms with Gasteiger partial charge in [-0.2, -0.15) is 0 Å².